The highest BCUT2D eigenvalue weighted by Crippen LogP contribution is 2.19. The lowest BCUT2D eigenvalue weighted by Gasteiger charge is -2.08. The van der Waals surface area contributed by atoms with Crippen LogP contribution >= 0.6 is 0 Å². The van der Waals surface area contributed by atoms with E-state index in [1.54, 1.807) is 6.92 Å². The van der Waals surface area contributed by atoms with Gasteiger partial charge in [0, 0.05) is 12.1 Å². The first kappa shape index (κ1) is 14.1. The number of carbonyl (C=O) groups excluding carboxylic acids is 1. The highest BCUT2D eigenvalue weighted by Gasteiger charge is 2.11. The van der Waals surface area contributed by atoms with Crippen molar-refractivity contribution >= 4 is 11.6 Å². The summed E-state index contributed by atoms with van der Waals surface area (Å²) in [6, 6.07) is 4.23. The maximum atomic E-state index is 13.8. The summed E-state index contributed by atoms with van der Waals surface area (Å²) in [5.74, 6) is -0.183. The van der Waals surface area contributed by atoms with Gasteiger partial charge in [0.15, 0.2) is 5.82 Å². The van der Waals surface area contributed by atoms with Crippen LogP contribution in [0.2, 0.25) is 0 Å². The molecule has 0 unspecified atom stereocenters. The Labute approximate surface area is 115 Å². The van der Waals surface area contributed by atoms with Gasteiger partial charge in [-0.2, -0.15) is 4.68 Å². The van der Waals surface area contributed by atoms with E-state index in [1.807, 2.05) is 0 Å². The van der Waals surface area contributed by atoms with Gasteiger partial charge in [0.2, 0.25) is 5.91 Å². The fourth-order valence-corrected chi connectivity index (χ4v) is 1.69. The van der Waals surface area contributed by atoms with E-state index in [0.29, 0.717) is 30.9 Å². The summed E-state index contributed by atoms with van der Waals surface area (Å²) in [6.45, 7) is 2.11. The molecule has 1 heterocycles. The molecule has 1 aromatic heterocycles. The highest BCUT2D eigenvalue weighted by atomic mass is 19.1. The van der Waals surface area contributed by atoms with Crippen molar-refractivity contribution in [3.05, 3.63) is 29.8 Å². The lowest BCUT2D eigenvalue weighted by molar-refractivity contribution is -0.116. The topological polar surface area (TPSA) is 98.7 Å². The normalized spacial score (nSPS) is 10.6. The van der Waals surface area contributed by atoms with Crippen molar-refractivity contribution < 1.29 is 9.18 Å². The van der Waals surface area contributed by atoms with Gasteiger partial charge in [0.05, 0.1) is 0 Å². The number of halogens is 1. The summed E-state index contributed by atoms with van der Waals surface area (Å²) in [4.78, 5) is 11.6. The molecule has 0 radical (unpaired) electrons. The van der Waals surface area contributed by atoms with Crippen LogP contribution in [0, 0.1) is 12.7 Å². The second-order valence-electron chi connectivity index (χ2n) is 4.24. The van der Waals surface area contributed by atoms with Gasteiger partial charge in [-0.1, -0.05) is 0 Å². The molecule has 1 aromatic carbocycles. The summed E-state index contributed by atoms with van der Waals surface area (Å²) in [6.07, 6.45) is 0.930. The van der Waals surface area contributed by atoms with Crippen molar-refractivity contribution in [2.75, 3.05) is 11.9 Å². The van der Waals surface area contributed by atoms with Crippen molar-refractivity contribution in [2.24, 2.45) is 5.73 Å². The van der Waals surface area contributed by atoms with E-state index in [-0.39, 0.29) is 11.6 Å². The maximum absolute atomic E-state index is 13.8. The van der Waals surface area contributed by atoms with Crippen LogP contribution in [0.15, 0.2) is 18.2 Å². The molecule has 0 bridgehead atoms. The van der Waals surface area contributed by atoms with Crippen LogP contribution < -0.4 is 11.1 Å². The molecule has 0 atom stereocenters. The van der Waals surface area contributed by atoms with Crippen LogP contribution in [0.25, 0.3) is 5.69 Å². The Bertz CT molecular complexity index is 612. The Balaban J connectivity index is 2.21. The van der Waals surface area contributed by atoms with E-state index in [1.165, 1.54) is 22.9 Å². The number of nitrogens with zero attached hydrogens (tertiary/aromatic N) is 4. The molecule has 7 nitrogen and oxygen atoms in total. The molecule has 2 rings (SSSR count). The Morgan fingerprint density at radius 3 is 2.95 bits per heavy atom. The zero-order valence-electron chi connectivity index (χ0n) is 11.0. The summed E-state index contributed by atoms with van der Waals surface area (Å²) in [7, 11) is 0. The third-order valence-electron chi connectivity index (χ3n) is 2.69. The molecule has 106 valence electrons. The molecule has 20 heavy (non-hydrogen) atoms. The quantitative estimate of drug-likeness (QED) is 0.842. The molecule has 3 N–H and O–H groups in total. The first-order chi connectivity index (χ1) is 9.61. The minimum Gasteiger partial charge on any atom is -0.330 e. The molecule has 0 saturated carbocycles. The number of hydrogen-bond donors (Lipinski definition) is 2. The summed E-state index contributed by atoms with van der Waals surface area (Å²) < 4.78 is 15.1. The van der Waals surface area contributed by atoms with Gasteiger partial charge in [-0.3, -0.25) is 4.79 Å². The van der Waals surface area contributed by atoms with Crippen LogP contribution in [0.1, 0.15) is 18.7 Å². The number of benzene rings is 1. The van der Waals surface area contributed by atoms with Gasteiger partial charge < -0.3 is 11.1 Å². The van der Waals surface area contributed by atoms with Gasteiger partial charge >= 0.3 is 0 Å². The Kier molecular flexibility index (Phi) is 4.36. The largest absolute Gasteiger partial charge is 0.330 e. The third kappa shape index (κ3) is 3.15. The monoisotopic (exact) mass is 278 g/mol. The number of amides is 1. The van der Waals surface area contributed by atoms with E-state index in [9.17, 15) is 9.18 Å². The van der Waals surface area contributed by atoms with Gasteiger partial charge in [-0.25, -0.2) is 4.39 Å². The predicted octanol–water partition coefficient (Wildman–Crippen LogP) is 0.787. The van der Waals surface area contributed by atoms with Gasteiger partial charge in [-0.15, -0.1) is 5.10 Å². The molecule has 1 amide bonds. The van der Waals surface area contributed by atoms with Crippen LogP contribution in [-0.4, -0.2) is 32.7 Å². The lowest BCUT2D eigenvalue weighted by atomic mass is 10.2. The lowest BCUT2D eigenvalue weighted by Crippen LogP contribution is -2.14. The summed E-state index contributed by atoms with van der Waals surface area (Å²) in [5.41, 5.74) is 6.01. The Morgan fingerprint density at radius 1 is 1.50 bits per heavy atom. The molecule has 0 aliphatic heterocycles. The van der Waals surface area contributed by atoms with Crippen LogP contribution in [0.4, 0.5) is 10.1 Å². The van der Waals surface area contributed by atoms with E-state index >= 15 is 0 Å². The van der Waals surface area contributed by atoms with E-state index in [4.69, 9.17) is 5.73 Å². The van der Waals surface area contributed by atoms with Gasteiger partial charge in [0.1, 0.15) is 11.5 Å². The van der Waals surface area contributed by atoms with E-state index in [0.717, 1.165) is 0 Å². The molecule has 2 aromatic rings. The zero-order valence-corrected chi connectivity index (χ0v) is 11.0. The van der Waals surface area contributed by atoms with Crippen molar-refractivity contribution in [1.29, 1.82) is 0 Å². The van der Waals surface area contributed by atoms with Gasteiger partial charge in [0.25, 0.3) is 0 Å². The molecule has 0 spiro atoms. The maximum Gasteiger partial charge on any atom is 0.224 e. The molecule has 0 aliphatic carbocycles. The van der Waals surface area contributed by atoms with Crippen molar-refractivity contribution in [1.82, 2.24) is 20.2 Å². The summed E-state index contributed by atoms with van der Waals surface area (Å²) >= 11 is 0. The second kappa shape index (κ2) is 6.20. The summed E-state index contributed by atoms with van der Waals surface area (Å²) in [5, 5.41) is 13.6. The molecular weight excluding hydrogens is 263 g/mol. The van der Waals surface area contributed by atoms with Crippen LogP contribution in [-0.2, 0) is 4.79 Å². The van der Waals surface area contributed by atoms with Crippen molar-refractivity contribution in [3.8, 4) is 5.69 Å². The first-order valence-electron chi connectivity index (χ1n) is 6.16. The smallest absolute Gasteiger partial charge is 0.224 e. The third-order valence-corrected chi connectivity index (χ3v) is 2.69. The fourth-order valence-electron chi connectivity index (χ4n) is 1.69. The second-order valence-corrected chi connectivity index (χ2v) is 4.24. The SMILES string of the molecule is Cc1nnnn1-c1cc(NC(=O)CCCN)ccc1F. The minimum atomic E-state index is -0.472. The van der Waals surface area contributed by atoms with Crippen molar-refractivity contribution in [3.63, 3.8) is 0 Å². The number of rotatable bonds is 5. The zero-order chi connectivity index (χ0) is 14.5. The molecule has 0 fully saturated rings. The number of carbonyl (C=O) groups is 1. The molecule has 0 aliphatic rings. The first-order valence-corrected chi connectivity index (χ1v) is 6.16. The molecule has 8 heteroatoms. The Morgan fingerprint density at radius 2 is 2.30 bits per heavy atom. The number of hydrogen-bond acceptors (Lipinski definition) is 5. The minimum absolute atomic E-state index is 0.165. The molecule has 0 saturated heterocycles. The van der Waals surface area contributed by atoms with E-state index < -0.39 is 5.82 Å². The number of tetrazole rings is 1. The number of aryl methyl sites for hydroxylation is 1. The highest BCUT2D eigenvalue weighted by molar-refractivity contribution is 5.90. The predicted molar refractivity (Wildman–Crippen MR) is 70.8 cm³/mol. The van der Waals surface area contributed by atoms with Gasteiger partial charge in [-0.05, 0) is 48.5 Å². The average Bonchev–Trinajstić information content (AvgIpc) is 2.85. The Hall–Kier alpha value is -2.35. The van der Waals surface area contributed by atoms with Crippen LogP contribution in [0.5, 0.6) is 0 Å². The van der Waals surface area contributed by atoms with E-state index in [2.05, 4.69) is 20.8 Å². The number of aromatic nitrogens is 4. The molecular formula is C12H15FN6O. The van der Waals surface area contributed by atoms with Crippen molar-refractivity contribution in [2.45, 2.75) is 19.8 Å². The number of nitrogens with one attached hydrogen (secondary N) is 1. The number of anilines is 1. The standard InChI is InChI=1S/C12H15FN6O/c1-8-16-17-18-19(8)11-7-9(4-5-10(11)13)15-12(20)3-2-6-14/h4-5,7H,2-3,6,14H2,1H3,(H,15,20). The van der Waals surface area contributed by atoms with Crippen LogP contribution in [0.3, 0.4) is 0 Å². The average molecular weight is 278 g/mol. The number of nitrogens with two attached hydrogens (primary N) is 1. The fraction of sp³-hybridized carbons (Fsp3) is 0.333.